The number of ether oxygens (including phenoxy) is 2. The molecule has 0 radical (unpaired) electrons. The largest absolute Gasteiger partial charge is 0.489 e. The molecule has 0 aliphatic heterocycles. The molecule has 0 fully saturated rings. The van der Waals surface area contributed by atoms with Crippen molar-refractivity contribution in [1.29, 1.82) is 0 Å². The molecule has 0 aliphatic carbocycles. The van der Waals surface area contributed by atoms with E-state index in [9.17, 15) is 9.59 Å². The van der Waals surface area contributed by atoms with Gasteiger partial charge < -0.3 is 20.1 Å². The Morgan fingerprint density at radius 1 is 0.767 bits per heavy atom. The van der Waals surface area contributed by atoms with Gasteiger partial charge in [0.25, 0.3) is 0 Å². The minimum atomic E-state index is -0.0941. The third-order valence-electron chi connectivity index (χ3n) is 4.03. The second-order valence-corrected chi connectivity index (χ2v) is 6.56. The highest BCUT2D eigenvalue weighted by Crippen LogP contribution is 2.19. The summed E-state index contributed by atoms with van der Waals surface area (Å²) < 4.78 is 10.9. The molecule has 0 unspecified atom stereocenters. The molecule has 0 aromatic heterocycles. The molecule has 0 atom stereocenters. The fourth-order valence-corrected chi connectivity index (χ4v) is 2.66. The van der Waals surface area contributed by atoms with Gasteiger partial charge in [0.2, 0.25) is 11.8 Å². The van der Waals surface area contributed by atoms with Crippen LogP contribution in [-0.4, -0.2) is 25.0 Å². The average molecular weight is 408 g/mol. The molecule has 2 aromatic carbocycles. The van der Waals surface area contributed by atoms with E-state index in [-0.39, 0.29) is 11.8 Å². The zero-order valence-corrected chi connectivity index (χ0v) is 17.1. The molecule has 0 saturated carbocycles. The summed E-state index contributed by atoms with van der Waals surface area (Å²) in [6.07, 6.45) is 5.25. The van der Waals surface area contributed by atoms with E-state index < -0.39 is 0 Å². The maximum Gasteiger partial charge on any atom is 0.224 e. The van der Waals surface area contributed by atoms with Crippen molar-refractivity contribution in [1.82, 2.24) is 0 Å². The third kappa shape index (κ3) is 8.65. The molecule has 0 aliphatic rings. The molecule has 0 bridgehead atoms. The minimum Gasteiger partial charge on any atom is -0.489 e. The molecule has 30 heavy (non-hydrogen) atoms. The molecule has 0 heterocycles. The topological polar surface area (TPSA) is 76.7 Å². The summed E-state index contributed by atoms with van der Waals surface area (Å²) in [5.41, 5.74) is 1.36. The summed E-state index contributed by atoms with van der Waals surface area (Å²) in [6.45, 7) is 8.03. The lowest BCUT2D eigenvalue weighted by atomic mass is 10.1. The van der Waals surface area contributed by atoms with Gasteiger partial charge in [0.1, 0.15) is 24.7 Å². The molecule has 6 nitrogen and oxygen atoms in total. The van der Waals surface area contributed by atoms with Gasteiger partial charge in [-0.05, 0) is 37.1 Å². The van der Waals surface area contributed by atoms with Crippen LogP contribution in [0.1, 0.15) is 25.7 Å². The first kappa shape index (κ1) is 22.7. The van der Waals surface area contributed by atoms with Gasteiger partial charge >= 0.3 is 0 Å². The summed E-state index contributed by atoms with van der Waals surface area (Å²) >= 11 is 0. The number of benzene rings is 2. The number of amides is 2. The number of nitrogens with one attached hydrogen (secondary N) is 2. The Labute approximate surface area is 177 Å². The van der Waals surface area contributed by atoms with E-state index in [0.717, 1.165) is 0 Å². The number of carbonyl (C=O) groups is 2. The van der Waals surface area contributed by atoms with Crippen molar-refractivity contribution in [3.8, 4) is 11.5 Å². The second kappa shape index (κ2) is 12.8. The summed E-state index contributed by atoms with van der Waals surface area (Å²) in [7, 11) is 0. The average Bonchev–Trinajstić information content (AvgIpc) is 2.74. The predicted molar refractivity (Wildman–Crippen MR) is 120 cm³/mol. The summed E-state index contributed by atoms with van der Waals surface area (Å²) in [5.74, 6) is 1.15. The van der Waals surface area contributed by atoms with Crippen molar-refractivity contribution in [2.24, 2.45) is 0 Å². The van der Waals surface area contributed by atoms with Crippen molar-refractivity contribution < 1.29 is 19.1 Å². The second-order valence-electron chi connectivity index (χ2n) is 6.56. The summed E-state index contributed by atoms with van der Waals surface area (Å²) in [4.78, 5) is 24.2. The highest BCUT2D eigenvalue weighted by atomic mass is 16.5. The van der Waals surface area contributed by atoms with Gasteiger partial charge in [-0.1, -0.05) is 37.4 Å². The molecule has 2 aromatic rings. The Balaban J connectivity index is 1.68. The zero-order valence-electron chi connectivity index (χ0n) is 17.1. The van der Waals surface area contributed by atoms with Crippen LogP contribution in [0.25, 0.3) is 0 Å². The fraction of sp³-hybridized carbons (Fsp3) is 0.250. The van der Waals surface area contributed by atoms with Crippen molar-refractivity contribution in [2.75, 3.05) is 23.8 Å². The number of hydrogen-bond donors (Lipinski definition) is 2. The van der Waals surface area contributed by atoms with Gasteiger partial charge in [-0.15, -0.1) is 0 Å². The van der Waals surface area contributed by atoms with E-state index in [1.165, 1.54) is 0 Å². The van der Waals surface area contributed by atoms with Gasteiger partial charge in [-0.3, -0.25) is 9.59 Å². The highest BCUT2D eigenvalue weighted by molar-refractivity contribution is 5.92. The van der Waals surface area contributed by atoms with Crippen molar-refractivity contribution in [3.05, 3.63) is 73.8 Å². The molecule has 0 spiro atoms. The maximum atomic E-state index is 12.1. The molecule has 2 rings (SSSR count). The lowest BCUT2D eigenvalue weighted by Gasteiger charge is -2.09. The Hall–Kier alpha value is -3.54. The van der Waals surface area contributed by atoms with Gasteiger partial charge in [-0.2, -0.15) is 0 Å². The third-order valence-corrected chi connectivity index (χ3v) is 4.03. The number of rotatable bonds is 13. The molecule has 158 valence electrons. The Kier molecular flexibility index (Phi) is 9.73. The van der Waals surface area contributed by atoms with Gasteiger partial charge in [0.15, 0.2) is 0 Å². The Morgan fingerprint density at radius 3 is 1.60 bits per heavy atom. The van der Waals surface area contributed by atoms with Crippen LogP contribution < -0.4 is 20.1 Å². The molecular weight excluding hydrogens is 380 g/mol. The van der Waals surface area contributed by atoms with Gasteiger partial charge in [-0.25, -0.2) is 0 Å². The molecule has 6 heteroatoms. The van der Waals surface area contributed by atoms with E-state index in [0.29, 0.717) is 61.8 Å². The van der Waals surface area contributed by atoms with Crippen LogP contribution in [0.2, 0.25) is 0 Å². The number of carbonyl (C=O) groups excluding carboxylic acids is 2. The maximum absolute atomic E-state index is 12.1. The first-order valence-electron chi connectivity index (χ1n) is 9.88. The number of unbranched alkanes of at least 4 members (excludes halogenated alkanes) is 1. The monoisotopic (exact) mass is 408 g/mol. The number of anilines is 2. The van der Waals surface area contributed by atoms with Gasteiger partial charge in [0.05, 0.1) is 0 Å². The standard InChI is InChI=1S/C24H28N2O4/c1-3-15-29-21-11-7-9-19(17-21)25-23(27)13-5-6-14-24(28)26-20-10-8-12-22(18-20)30-16-4-2/h3-4,7-12,17-18H,1-2,5-6,13-16H2,(H,25,27)(H,26,28). The van der Waals surface area contributed by atoms with E-state index in [4.69, 9.17) is 9.47 Å². The van der Waals surface area contributed by atoms with Gasteiger partial charge in [0, 0.05) is 36.3 Å². The summed E-state index contributed by atoms with van der Waals surface area (Å²) in [6, 6.07) is 14.4. The van der Waals surface area contributed by atoms with Crippen LogP contribution >= 0.6 is 0 Å². The summed E-state index contributed by atoms with van der Waals surface area (Å²) in [5, 5.41) is 5.69. The minimum absolute atomic E-state index is 0.0941. The first-order valence-corrected chi connectivity index (χ1v) is 9.88. The first-order chi connectivity index (χ1) is 14.6. The zero-order chi connectivity index (χ0) is 21.6. The van der Waals surface area contributed by atoms with Crippen LogP contribution in [-0.2, 0) is 9.59 Å². The van der Waals surface area contributed by atoms with Crippen molar-refractivity contribution >= 4 is 23.2 Å². The molecule has 0 saturated heterocycles. The van der Waals surface area contributed by atoms with Crippen LogP contribution in [0, 0.1) is 0 Å². The van der Waals surface area contributed by atoms with E-state index in [2.05, 4.69) is 23.8 Å². The predicted octanol–water partition coefficient (Wildman–Crippen LogP) is 4.95. The van der Waals surface area contributed by atoms with Crippen LogP contribution in [0.3, 0.4) is 0 Å². The van der Waals surface area contributed by atoms with Crippen molar-refractivity contribution in [2.45, 2.75) is 25.7 Å². The lowest BCUT2D eigenvalue weighted by Crippen LogP contribution is -2.13. The van der Waals surface area contributed by atoms with E-state index >= 15 is 0 Å². The molecular formula is C24H28N2O4. The van der Waals surface area contributed by atoms with Crippen LogP contribution in [0.4, 0.5) is 11.4 Å². The van der Waals surface area contributed by atoms with E-state index in [1.54, 1.807) is 36.4 Å². The SMILES string of the molecule is C=CCOc1cccc(NC(=O)CCCCC(=O)Nc2cccc(OCC=C)c2)c1. The van der Waals surface area contributed by atoms with Crippen LogP contribution in [0.15, 0.2) is 73.8 Å². The number of hydrogen-bond acceptors (Lipinski definition) is 4. The Bertz CT molecular complexity index is 792. The fourth-order valence-electron chi connectivity index (χ4n) is 2.66. The smallest absolute Gasteiger partial charge is 0.224 e. The highest BCUT2D eigenvalue weighted by Gasteiger charge is 2.07. The normalized spacial score (nSPS) is 10.0. The molecule has 2 N–H and O–H groups in total. The van der Waals surface area contributed by atoms with Crippen LogP contribution in [0.5, 0.6) is 11.5 Å². The van der Waals surface area contributed by atoms with E-state index in [1.807, 2.05) is 24.3 Å². The molecule has 2 amide bonds. The quantitative estimate of drug-likeness (QED) is 0.363. The van der Waals surface area contributed by atoms with Crippen molar-refractivity contribution in [3.63, 3.8) is 0 Å². The lowest BCUT2D eigenvalue weighted by molar-refractivity contribution is -0.118. The Morgan fingerprint density at radius 2 is 1.20 bits per heavy atom.